The lowest BCUT2D eigenvalue weighted by Gasteiger charge is -2.11. The van der Waals surface area contributed by atoms with Gasteiger partial charge in [-0.05, 0) is 0 Å². The van der Waals surface area contributed by atoms with E-state index in [9.17, 15) is 9.59 Å². The molecule has 1 aromatic rings. The van der Waals surface area contributed by atoms with Gasteiger partial charge in [-0.15, -0.1) is 0 Å². The summed E-state index contributed by atoms with van der Waals surface area (Å²) in [6, 6.07) is 1.06. The zero-order valence-electron chi connectivity index (χ0n) is 9.42. The van der Waals surface area contributed by atoms with Gasteiger partial charge in [0.15, 0.2) is 5.16 Å². The summed E-state index contributed by atoms with van der Waals surface area (Å²) in [5, 5.41) is 2.87. The third-order valence-corrected chi connectivity index (χ3v) is 3.06. The van der Waals surface area contributed by atoms with Gasteiger partial charge in [0.2, 0.25) is 5.91 Å². The van der Waals surface area contributed by atoms with Crippen molar-refractivity contribution in [2.75, 3.05) is 30.3 Å². The van der Waals surface area contributed by atoms with Gasteiger partial charge in [0.05, 0.1) is 5.75 Å². The number of nitrogens with zero attached hydrogens (tertiary/aromatic N) is 3. The second-order valence-electron chi connectivity index (χ2n) is 3.57. The first-order chi connectivity index (χ1) is 8.56. The van der Waals surface area contributed by atoms with Gasteiger partial charge >= 0.3 is 6.03 Å². The van der Waals surface area contributed by atoms with Crippen LogP contribution in [0.4, 0.5) is 16.4 Å². The average molecular weight is 268 g/mol. The molecule has 2 rings (SSSR count). The zero-order valence-corrected chi connectivity index (χ0v) is 10.2. The van der Waals surface area contributed by atoms with E-state index in [1.54, 1.807) is 0 Å². The third kappa shape index (κ3) is 2.80. The van der Waals surface area contributed by atoms with Gasteiger partial charge in [0.1, 0.15) is 11.6 Å². The number of amides is 3. The van der Waals surface area contributed by atoms with E-state index in [4.69, 9.17) is 11.5 Å². The maximum absolute atomic E-state index is 11.7. The van der Waals surface area contributed by atoms with Crippen LogP contribution in [-0.2, 0) is 4.79 Å². The molecule has 1 aliphatic rings. The minimum atomic E-state index is -0.367. The van der Waals surface area contributed by atoms with Crippen LogP contribution in [0, 0.1) is 0 Å². The fourth-order valence-electron chi connectivity index (χ4n) is 1.44. The fourth-order valence-corrected chi connectivity index (χ4v) is 2.19. The van der Waals surface area contributed by atoms with Crippen LogP contribution in [0.5, 0.6) is 0 Å². The molecule has 5 N–H and O–H groups in total. The van der Waals surface area contributed by atoms with Crippen LogP contribution in [0.1, 0.15) is 0 Å². The van der Waals surface area contributed by atoms with Crippen LogP contribution < -0.4 is 16.8 Å². The van der Waals surface area contributed by atoms with Gasteiger partial charge in [-0.2, -0.15) is 0 Å². The molecular formula is C9H12N6O2S. The van der Waals surface area contributed by atoms with E-state index in [-0.39, 0.29) is 29.3 Å². The number of imide groups is 1. The Morgan fingerprint density at radius 2 is 2.11 bits per heavy atom. The minimum absolute atomic E-state index is 0.0658. The van der Waals surface area contributed by atoms with Crippen molar-refractivity contribution in [3.05, 3.63) is 6.07 Å². The Balaban J connectivity index is 1.95. The number of nitrogens with one attached hydrogen (secondary N) is 1. The maximum atomic E-state index is 11.7. The zero-order chi connectivity index (χ0) is 13.1. The molecular weight excluding hydrogens is 256 g/mol. The molecule has 0 bridgehead atoms. The Morgan fingerprint density at radius 3 is 2.67 bits per heavy atom. The van der Waals surface area contributed by atoms with Gasteiger partial charge in [-0.3, -0.25) is 9.69 Å². The molecule has 96 valence electrons. The second kappa shape index (κ2) is 5.08. The number of rotatable bonds is 3. The summed E-state index contributed by atoms with van der Waals surface area (Å²) in [7, 11) is 0. The van der Waals surface area contributed by atoms with E-state index in [0.29, 0.717) is 18.2 Å². The van der Waals surface area contributed by atoms with Crippen molar-refractivity contribution in [1.29, 1.82) is 0 Å². The molecule has 0 atom stereocenters. The SMILES string of the molecule is Nc1cc(N)nc(SCC(=O)N2CCNC2=O)n1. The number of carbonyl (C=O) groups is 2. The molecule has 9 heteroatoms. The van der Waals surface area contributed by atoms with Crippen molar-refractivity contribution in [3.8, 4) is 0 Å². The largest absolute Gasteiger partial charge is 0.383 e. The predicted molar refractivity (Wildman–Crippen MR) is 66.7 cm³/mol. The first kappa shape index (κ1) is 12.4. The number of aromatic nitrogens is 2. The van der Waals surface area contributed by atoms with Crippen molar-refractivity contribution in [3.63, 3.8) is 0 Å². The van der Waals surface area contributed by atoms with Crippen LogP contribution in [0.25, 0.3) is 0 Å². The highest BCUT2D eigenvalue weighted by atomic mass is 32.2. The monoisotopic (exact) mass is 268 g/mol. The lowest BCUT2D eigenvalue weighted by Crippen LogP contribution is -2.35. The van der Waals surface area contributed by atoms with Gasteiger partial charge in [-0.1, -0.05) is 11.8 Å². The molecule has 0 aromatic carbocycles. The molecule has 0 saturated carbocycles. The van der Waals surface area contributed by atoms with Crippen LogP contribution in [0.3, 0.4) is 0 Å². The molecule has 8 nitrogen and oxygen atoms in total. The molecule has 2 heterocycles. The number of anilines is 2. The number of thioether (sulfide) groups is 1. The number of hydrogen-bond acceptors (Lipinski definition) is 7. The lowest BCUT2D eigenvalue weighted by molar-refractivity contribution is -0.124. The minimum Gasteiger partial charge on any atom is -0.383 e. The van der Waals surface area contributed by atoms with E-state index >= 15 is 0 Å². The summed E-state index contributed by atoms with van der Waals surface area (Å²) in [5.74, 6) is 0.267. The molecule has 3 amide bonds. The summed E-state index contributed by atoms with van der Waals surface area (Å²) in [6.07, 6.45) is 0. The Morgan fingerprint density at radius 1 is 1.44 bits per heavy atom. The van der Waals surface area contributed by atoms with Crippen molar-refractivity contribution in [2.24, 2.45) is 0 Å². The number of nitrogen functional groups attached to an aromatic ring is 2. The van der Waals surface area contributed by atoms with Crippen LogP contribution in [-0.4, -0.2) is 45.6 Å². The van der Waals surface area contributed by atoms with E-state index in [2.05, 4.69) is 15.3 Å². The maximum Gasteiger partial charge on any atom is 0.324 e. The highest BCUT2D eigenvalue weighted by Gasteiger charge is 2.25. The smallest absolute Gasteiger partial charge is 0.324 e. The molecule has 0 radical (unpaired) electrons. The quantitative estimate of drug-likeness (QED) is 0.488. The normalized spacial score (nSPS) is 14.7. The van der Waals surface area contributed by atoms with Crippen molar-refractivity contribution < 1.29 is 9.59 Å². The van der Waals surface area contributed by atoms with Crippen LogP contribution >= 0.6 is 11.8 Å². The summed E-state index contributed by atoms with van der Waals surface area (Å²) >= 11 is 1.09. The number of nitrogens with two attached hydrogens (primary N) is 2. The van der Waals surface area contributed by atoms with Crippen LogP contribution in [0.15, 0.2) is 11.2 Å². The third-order valence-electron chi connectivity index (χ3n) is 2.23. The second-order valence-corrected chi connectivity index (χ2v) is 4.51. The molecule has 1 saturated heterocycles. The molecule has 1 aromatic heterocycles. The van der Waals surface area contributed by atoms with Crippen molar-refractivity contribution >= 4 is 35.3 Å². The number of carbonyl (C=O) groups excluding carboxylic acids is 2. The molecule has 1 fully saturated rings. The van der Waals surface area contributed by atoms with Gasteiger partial charge in [0, 0.05) is 19.2 Å². The van der Waals surface area contributed by atoms with E-state index in [0.717, 1.165) is 16.7 Å². The van der Waals surface area contributed by atoms with E-state index in [1.807, 2.05) is 0 Å². The Kier molecular flexibility index (Phi) is 3.51. The van der Waals surface area contributed by atoms with Gasteiger partial charge in [0.25, 0.3) is 0 Å². The topological polar surface area (TPSA) is 127 Å². The first-order valence-electron chi connectivity index (χ1n) is 5.17. The first-order valence-corrected chi connectivity index (χ1v) is 6.16. The molecule has 0 unspecified atom stereocenters. The standard InChI is InChI=1S/C9H12N6O2S/c10-5-3-6(11)14-8(13-5)18-4-7(16)15-2-1-12-9(15)17/h3H,1-2,4H2,(H,12,17)(H4,10,11,13,14). The van der Waals surface area contributed by atoms with Crippen LogP contribution in [0.2, 0.25) is 0 Å². The fraction of sp³-hybridized carbons (Fsp3) is 0.333. The average Bonchev–Trinajstić information content (AvgIpc) is 2.71. The molecule has 18 heavy (non-hydrogen) atoms. The summed E-state index contributed by atoms with van der Waals surface area (Å²) in [5.41, 5.74) is 11.0. The summed E-state index contributed by atoms with van der Waals surface area (Å²) in [6.45, 7) is 0.870. The Hall–Kier alpha value is -2.03. The Bertz CT molecular complexity index is 474. The Labute approximate surface area is 107 Å². The van der Waals surface area contributed by atoms with Crippen molar-refractivity contribution in [1.82, 2.24) is 20.2 Å². The number of urea groups is 1. The summed E-state index contributed by atoms with van der Waals surface area (Å²) < 4.78 is 0. The van der Waals surface area contributed by atoms with E-state index < -0.39 is 0 Å². The molecule has 0 aliphatic carbocycles. The van der Waals surface area contributed by atoms with E-state index in [1.165, 1.54) is 6.07 Å². The molecule has 1 aliphatic heterocycles. The molecule has 0 spiro atoms. The van der Waals surface area contributed by atoms with Gasteiger partial charge in [-0.25, -0.2) is 14.8 Å². The number of hydrogen-bond donors (Lipinski definition) is 3. The highest BCUT2D eigenvalue weighted by molar-refractivity contribution is 7.99. The highest BCUT2D eigenvalue weighted by Crippen LogP contribution is 2.17. The predicted octanol–water partition coefficient (Wildman–Crippen LogP) is -0.715. The van der Waals surface area contributed by atoms with Crippen molar-refractivity contribution in [2.45, 2.75) is 5.16 Å². The summed E-state index contributed by atoms with van der Waals surface area (Å²) in [4.78, 5) is 32.0. The lowest BCUT2D eigenvalue weighted by atomic mass is 10.5. The van der Waals surface area contributed by atoms with Gasteiger partial charge < -0.3 is 16.8 Å².